The number of aryl methyl sites for hydroxylation is 4. The Kier molecular flexibility index (Phi) is 33.1. The van der Waals surface area contributed by atoms with Gasteiger partial charge in [-0.2, -0.15) is 0 Å². The molecule has 0 aliphatic carbocycles. The molecule has 0 amide bonds. The van der Waals surface area contributed by atoms with Crippen molar-refractivity contribution in [3.8, 4) is 78.7 Å². The number of rotatable bonds is 37. The molecule has 92 heavy (non-hydrogen) atoms. The van der Waals surface area contributed by atoms with Gasteiger partial charge in [-0.1, -0.05) is 285 Å². The molecule has 0 aliphatic rings. The molecule has 0 aliphatic heterocycles. The van der Waals surface area contributed by atoms with Crippen molar-refractivity contribution in [1.29, 1.82) is 0 Å². The first kappa shape index (κ1) is 71.7. The molecule has 6 heteroatoms. The summed E-state index contributed by atoms with van der Waals surface area (Å²) in [6.07, 6.45) is 39.3. The van der Waals surface area contributed by atoms with Crippen molar-refractivity contribution < 1.29 is 13.9 Å². The molecular formula is C86H108FN3O2. The van der Waals surface area contributed by atoms with Crippen molar-refractivity contribution in [1.82, 2.24) is 15.0 Å². The van der Waals surface area contributed by atoms with Gasteiger partial charge in [0.25, 0.3) is 0 Å². The second kappa shape index (κ2) is 42.4. The molecule has 0 fully saturated rings. The van der Waals surface area contributed by atoms with Crippen LogP contribution in [0.25, 0.3) is 67.2 Å². The van der Waals surface area contributed by atoms with Crippen LogP contribution in [-0.4, -0.2) is 28.2 Å². The van der Waals surface area contributed by atoms with E-state index in [1.807, 2.05) is 48.9 Å². The normalized spacial score (nSPS) is 10.9. The zero-order chi connectivity index (χ0) is 64.6. The predicted molar refractivity (Wildman–Crippen MR) is 391 cm³/mol. The SMILES string of the molecule is CCCCCCCOc1ccc(-c2ccc(-c3ccc(CCCCCCC)cn3)cc2)cc1.CCCCCCCc1ccc(-c2ccc(-c3ccc(OCCCCCC)cc3)cc2)nc1.CCCCCc1ccc(-c2ccc(-c3ccc(CCC)cn3)cc2)c(F)c1. The van der Waals surface area contributed by atoms with E-state index in [1.165, 1.54) is 161 Å². The largest absolute Gasteiger partial charge is 0.494 e. The Morgan fingerprint density at radius 3 is 0.913 bits per heavy atom. The van der Waals surface area contributed by atoms with Crippen molar-refractivity contribution in [2.45, 2.75) is 215 Å². The Bertz CT molecular complexity index is 3280. The summed E-state index contributed by atoms with van der Waals surface area (Å²) in [7, 11) is 0. The van der Waals surface area contributed by atoms with Crippen LogP contribution in [0.1, 0.15) is 211 Å². The van der Waals surface area contributed by atoms with Gasteiger partial charge in [0.15, 0.2) is 0 Å². The van der Waals surface area contributed by atoms with Gasteiger partial charge in [-0.15, -0.1) is 0 Å². The number of nitrogens with zero attached hydrogens (tertiary/aromatic N) is 3. The lowest BCUT2D eigenvalue weighted by atomic mass is 9.99. The Morgan fingerprint density at radius 2 is 0.554 bits per heavy atom. The van der Waals surface area contributed by atoms with Crippen LogP contribution in [0.4, 0.5) is 4.39 Å². The lowest BCUT2D eigenvalue weighted by Crippen LogP contribution is -1.97. The number of hydrogen-bond acceptors (Lipinski definition) is 5. The Morgan fingerprint density at radius 1 is 0.261 bits per heavy atom. The molecule has 0 saturated heterocycles. The van der Waals surface area contributed by atoms with Crippen molar-refractivity contribution in [2.75, 3.05) is 13.2 Å². The summed E-state index contributed by atoms with van der Waals surface area (Å²) in [5.74, 6) is 1.77. The quantitative estimate of drug-likeness (QED) is 0.0363. The van der Waals surface area contributed by atoms with E-state index in [4.69, 9.17) is 19.4 Å². The second-order valence-corrected chi connectivity index (χ2v) is 25.0. The van der Waals surface area contributed by atoms with E-state index in [-0.39, 0.29) is 5.82 Å². The maximum atomic E-state index is 14.6. The van der Waals surface area contributed by atoms with E-state index in [2.05, 4.69) is 186 Å². The number of halogens is 1. The van der Waals surface area contributed by atoms with Crippen LogP contribution in [-0.2, 0) is 25.7 Å². The Hall–Kier alpha value is -7.70. The average Bonchev–Trinajstić information content (AvgIpc) is 1.23. The molecular weight excluding hydrogens is 1130 g/mol. The number of benzene rings is 6. The molecule has 0 bridgehead atoms. The van der Waals surface area contributed by atoms with Crippen LogP contribution in [0.15, 0.2) is 195 Å². The van der Waals surface area contributed by atoms with Crippen LogP contribution in [0.2, 0.25) is 0 Å². The van der Waals surface area contributed by atoms with Gasteiger partial charge in [0, 0.05) is 40.8 Å². The zero-order valence-electron chi connectivity index (χ0n) is 57.0. The highest BCUT2D eigenvalue weighted by Crippen LogP contribution is 2.31. The number of aromatic nitrogens is 3. The topological polar surface area (TPSA) is 57.1 Å². The fourth-order valence-corrected chi connectivity index (χ4v) is 11.5. The second-order valence-electron chi connectivity index (χ2n) is 25.0. The molecule has 9 aromatic rings. The van der Waals surface area contributed by atoms with Crippen molar-refractivity contribution >= 4 is 0 Å². The Balaban J connectivity index is 0.000000197. The van der Waals surface area contributed by atoms with Gasteiger partial charge in [-0.3, -0.25) is 15.0 Å². The summed E-state index contributed by atoms with van der Waals surface area (Å²) >= 11 is 0. The standard InChI is InChI=1S/C31H41NO.C30H39NO.C25H28FN/c1-3-5-7-9-11-13-26-14-23-31(32-25-26)29-17-15-27(16-18-29)28-19-21-30(22-20-28)33-24-12-10-8-6-4-2;1-3-5-7-9-10-12-25-13-22-30(31-24-25)28-16-14-26(15-17-28)27-18-20-29(21-19-27)32-23-11-8-6-4-2;1-3-5-6-8-19-9-15-23(24(26)17-19)21-11-13-22(14-12-21)25-16-10-20(7-4-2)18-27-25/h14-23,25H,3-13,24H2,1-2H3;13-22,24H,3-12,23H2,1-2H3;9-18H,3-8H2,1-2H3. The monoisotopic (exact) mass is 1230 g/mol. The Labute approximate surface area is 555 Å². The van der Waals surface area contributed by atoms with E-state index >= 15 is 0 Å². The maximum absolute atomic E-state index is 14.6. The molecule has 0 atom stereocenters. The lowest BCUT2D eigenvalue weighted by Gasteiger charge is -2.08. The number of hydrogen-bond donors (Lipinski definition) is 0. The molecule has 0 unspecified atom stereocenters. The van der Waals surface area contributed by atoms with Gasteiger partial charge in [0.2, 0.25) is 0 Å². The van der Waals surface area contributed by atoms with Crippen molar-refractivity contribution in [3.05, 3.63) is 223 Å². The third kappa shape index (κ3) is 25.4. The number of unbranched alkanes of at least 4 members (excludes halogenated alkanes) is 17. The van der Waals surface area contributed by atoms with Crippen LogP contribution in [0, 0.1) is 5.82 Å². The van der Waals surface area contributed by atoms with E-state index < -0.39 is 0 Å². The number of pyridine rings is 3. The van der Waals surface area contributed by atoms with Gasteiger partial charge >= 0.3 is 0 Å². The molecule has 0 N–H and O–H groups in total. The van der Waals surface area contributed by atoms with Gasteiger partial charge in [-0.25, -0.2) is 4.39 Å². The zero-order valence-corrected chi connectivity index (χ0v) is 57.0. The van der Waals surface area contributed by atoms with E-state index in [0.717, 1.165) is 121 Å². The van der Waals surface area contributed by atoms with Gasteiger partial charge < -0.3 is 9.47 Å². The molecule has 0 spiro atoms. The average molecular weight is 1230 g/mol. The van der Waals surface area contributed by atoms with Gasteiger partial charge in [0.05, 0.1) is 30.3 Å². The van der Waals surface area contributed by atoms with E-state index in [0.29, 0.717) is 5.56 Å². The molecule has 6 aromatic carbocycles. The summed E-state index contributed by atoms with van der Waals surface area (Å²) in [5.41, 5.74) is 17.9. The highest BCUT2D eigenvalue weighted by molar-refractivity contribution is 5.72. The summed E-state index contributed by atoms with van der Waals surface area (Å²) in [6, 6.07) is 60.9. The number of ether oxygens (including phenoxy) is 2. The van der Waals surface area contributed by atoms with Crippen LogP contribution in [0.5, 0.6) is 11.5 Å². The first-order valence-electron chi connectivity index (χ1n) is 35.7. The minimum Gasteiger partial charge on any atom is -0.494 e. The van der Waals surface area contributed by atoms with E-state index in [1.54, 1.807) is 6.07 Å². The molecule has 3 aromatic heterocycles. The minimum absolute atomic E-state index is 0.140. The maximum Gasteiger partial charge on any atom is 0.131 e. The fourth-order valence-electron chi connectivity index (χ4n) is 11.5. The molecule has 0 radical (unpaired) electrons. The third-order valence-electron chi connectivity index (χ3n) is 17.3. The van der Waals surface area contributed by atoms with E-state index in [9.17, 15) is 4.39 Å². The molecule has 0 saturated carbocycles. The van der Waals surface area contributed by atoms with Crippen LogP contribution >= 0.6 is 0 Å². The predicted octanol–water partition coefficient (Wildman–Crippen LogP) is 25.4. The molecule has 486 valence electrons. The van der Waals surface area contributed by atoms with Crippen molar-refractivity contribution in [2.24, 2.45) is 0 Å². The lowest BCUT2D eigenvalue weighted by molar-refractivity contribution is 0.304. The highest BCUT2D eigenvalue weighted by Gasteiger charge is 2.10. The van der Waals surface area contributed by atoms with Crippen LogP contribution < -0.4 is 9.47 Å². The summed E-state index contributed by atoms with van der Waals surface area (Å²) in [6.45, 7) is 15.0. The highest BCUT2D eigenvalue weighted by atomic mass is 19.1. The van der Waals surface area contributed by atoms with Crippen LogP contribution in [0.3, 0.4) is 0 Å². The molecule has 9 rings (SSSR count). The summed E-state index contributed by atoms with van der Waals surface area (Å²) < 4.78 is 26.3. The fraction of sp³-hybridized carbons (Fsp3) is 0.407. The minimum atomic E-state index is -0.140. The molecule has 5 nitrogen and oxygen atoms in total. The summed E-state index contributed by atoms with van der Waals surface area (Å²) in [4.78, 5) is 14.0. The first-order chi connectivity index (χ1) is 45.3. The smallest absolute Gasteiger partial charge is 0.131 e. The van der Waals surface area contributed by atoms with Crippen molar-refractivity contribution in [3.63, 3.8) is 0 Å². The first-order valence-corrected chi connectivity index (χ1v) is 35.7. The third-order valence-corrected chi connectivity index (χ3v) is 17.3. The van der Waals surface area contributed by atoms with Gasteiger partial charge in [0.1, 0.15) is 17.3 Å². The van der Waals surface area contributed by atoms with Gasteiger partial charge in [-0.05, 0) is 156 Å². The molecule has 3 heterocycles. The summed E-state index contributed by atoms with van der Waals surface area (Å²) in [5, 5.41) is 0.